The van der Waals surface area contributed by atoms with Gasteiger partial charge in [-0.3, -0.25) is 4.79 Å². The Bertz CT molecular complexity index is 328. The fourth-order valence-corrected chi connectivity index (χ4v) is 2.49. The van der Waals surface area contributed by atoms with Gasteiger partial charge in [-0.15, -0.1) is 11.3 Å². The van der Waals surface area contributed by atoms with E-state index in [0.29, 0.717) is 0 Å². The highest BCUT2D eigenvalue weighted by molar-refractivity contribution is 9.13. The molecular formula is C8H6Br2OS. The lowest BCUT2D eigenvalue weighted by Crippen LogP contribution is -1.78. The third-order valence-electron chi connectivity index (χ3n) is 1.21. The lowest BCUT2D eigenvalue weighted by atomic mass is 10.3. The van der Waals surface area contributed by atoms with Crippen molar-refractivity contribution in [2.45, 2.75) is 6.92 Å². The Morgan fingerprint density at radius 3 is 2.67 bits per heavy atom. The fraction of sp³-hybridized carbons (Fsp3) is 0.125. The predicted molar refractivity (Wildman–Crippen MR) is 59.4 cm³/mol. The molecule has 0 aliphatic carbocycles. The van der Waals surface area contributed by atoms with Gasteiger partial charge in [-0.05, 0) is 50.9 Å². The van der Waals surface area contributed by atoms with Crippen LogP contribution in [0.4, 0.5) is 0 Å². The van der Waals surface area contributed by atoms with Gasteiger partial charge in [-0.25, -0.2) is 0 Å². The normalized spacial score (nSPS) is 10.9. The van der Waals surface area contributed by atoms with E-state index in [1.54, 1.807) is 23.5 Å². The van der Waals surface area contributed by atoms with Crippen LogP contribution in [-0.2, 0) is 4.79 Å². The van der Waals surface area contributed by atoms with E-state index >= 15 is 0 Å². The van der Waals surface area contributed by atoms with E-state index in [9.17, 15) is 4.79 Å². The standard InChI is InChI=1S/C8H6Br2OS/c1-5(11)2-3-6-4-12-8(10)7(6)9/h2-4H,1H3. The van der Waals surface area contributed by atoms with Gasteiger partial charge in [0.15, 0.2) is 5.78 Å². The van der Waals surface area contributed by atoms with Gasteiger partial charge < -0.3 is 0 Å². The lowest BCUT2D eigenvalue weighted by Gasteiger charge is -1.87. The van der Waals surface area contributed by atoms with Gasteiger partial charge in [0.25, 0.3) is 0 Å². The quantitative estimate of drug-likeness (QED) is 0.758. The monoisotopic (exact) mass is 308 g/mol. The van der Waals surface area contributed by atoms with Crippen LogP contribution in [0.25, 0.3) is 6.08 Å². The Balaban J connectivity index is 2.90. The number of carbonyl (C=O) groups is 1. The third-order valence-corrected chi connectivity index (χ3v) is 4.60. The number of thiophene rings is 1. The minimum atomic E-state index is 0.0595. The van der Waals surface area contributed by atoms with Gasteiger partial charge in [0, 0.05) is 15.4 Å². The summed E-state index contributed by atoms with van der Waals surface area (Å²) in [7, 11) is 0. The molecular weight excluding hydrogens is 304 g/mol. The molecule has 0 aliphatic heterocycles. The Morgan fingerprint density at radius 2 is 2.25 bits per heavy atom. The first-order valence-electron chi connectivity index (χ1n) is 3.22. The molecule has 1 heterocycles. The number of hydrogen-bond acceptors (Lipinski definition) is 2. The van der Waals surface area contributed by atoms with Crippen molar-refractivity contribution in [3.63, 3.8) is 0 Å². The molecule has 0 spiro atoms. The molecule has 1 rings (SSSR count). The highest BCUT2D eigenvalue weighted by Crippen LogP contribution is 2.33. The number of ketones is 1. The molecule has 0 radical (unpaired) electrons. The van der Waals surface area contributed by atoms with Crippen LogP contribution in [0, 0.1) is 0 Å². The van der Waals surface area contributed by atoms with Crippen LogP contribution >= 0.6 is 43.2 Å². The maximum Gasteiger partial charge on any atom is 0.152 e. The SMILES string of the molecule is CC(=O)C=Cc1csc(Br)c1Br. The van der Waals surface area contributed by atoms with Crippen molar-refractivity contribution in [2.24, 2.45) is 0 Å². The molecule has 0 aliphatic rings. The summed E-state index contributed by atoms with van der Waals surface area (Å²) in [5.41, 5.74) is 1.03. The zero-order valence-electron chi connectivity index (χ0n) is 6.30. The number of halogens is 2. The topological polar surface area (TPSA) is 17.1 Å². The summed E-state index contributed by atoms with van der Waals surface area (Å²) in [4.78, 5) is 10.6. The van der Waals surface area contributed by atoms with Gasteiger partial charge in [0.1, 0.15) is 0 Å². The van der Waals surface area contributed by atoms with E-state index in [1.807, 2.05) is 5.38 Å². The molecule has 0 fully saturated rings. The van der Waals surface area contributed by atoms with Crippen LogP contribution in [-0.4, -0.2) is 5.78 Å². The Kier molecular flexibility index (Phi) is 3.68. The average molecular weight is 310 g/mol. The van der Waals surface area contributed by atoms with Crippen molar-refractivity contribution in [1.29, 1.82) is 0 Å². The summed E-state index contributed by atoms with van der Waals surface area (Å²) < 4.78 is 2.05. The maximum absolute atomic E-state index is 10.6. The first-order chi connectivity index (χ1) is 5.61. The van der Waals surface area contributed by atoms with Crippen molar-refractivity contribution in [3.8, 4) is 0 Å². The molecule has 0 saturated carbocycles. The van der Waals surface area contributed by atoms with Crippen LogP contribution in [0.1, 0.15) is 12.5 Å². The van der Waals surface area contributed by atoms with Crippen molar-refractivity contribution in [1.82, 2.24) is 0 Å². The maximum atomic E-state index is 10.6. The van der Waals surface area contributed by atoms with Crippen LogP contribution in [0.5, 0.6) is 0 Å². The average Bonchev–Trinajstić information content (AvgIpc) is 2.30. The van der Waals surface area contributed by atoms with Crippen molar-refractivity contribution in [3.05, 3.63) is 25.3 Å². The van der Waals surface area contributed by atoms with Crippen molar-refractivity contribution in [2.75, 3.05) is 0 Å². The minimum Gasteiger partial charge on any atom is -0.295 e. The summed E-state index contributed by atoms with van der Waals surface area (Å²) in [6.45, 7) is 1.53. The highest BCUT2D eigenvalue weighted by atomic mass is 79.9. The van der Waals surface area contributed by atoms with E-state index in [0.717, 1.165) is 13.8 Å². The van der Waals surface area contributed by atoms with Gasteiger partial charge in [0.2, 0.25) is 0 Å². The third kappa shape index (κ3) is 2.54. The predicted octanol–water partition coefficient (Wildman–Crippen LogP) is 3.88. The van der Waals surface area contributed by atoms with Crippen LogP contribution in [0.3, 0.4) is 0 Å². The number of rotatable bonds is 2. The van der Waals surface area contributed by atoms with Crippen LogP contribution in [0.15, 0.2) is 19.7 Å². The molecule has 0 aromatic carbocycles. The molecule has 12 heavy (non-hydrogen) atoms. The van der Waals surface area contributed by atoms with E-state index in [1.165, 1.54) is 6.92 Å². The second kappa shape index (κ2) is 4.35. The molecule has 1 aromatic heterocycles. The summed E-state index contributed by atoms with van der Waals surface area (Å²) in [5, 5.41) is 1.98. The molecule has 0 bridgehead atoms. The van der Waals surface area contributed by atoms with E-state index < -0.39 is 0 Å². The zero-order chi connectivity index (χ0) is 9.14. The van der Waals surface area contributed by atoms with Gasteiger partial charge in [-0.1, -0.05) is 0 Å². The van der Waals surface area contributed by atoms with Gasteiger partial charge in [-0.2, -0.15) is 0 Å². The zero-order valence-corrected chi connectivity index (χ0v) is 10.3. The Hall–Kier alpha value is 0.0700. The van der Waals surface area contributed by atoms with Crippen LogP contribution in [0.2, 0.25) is 0 Å². The minimum absolute atomic E-state index is 0.0595. The molecule has 4 heteroatoms. The summed E-state index contributed by atoms with van der Waals surface area (Å²) in [6, 6.07) is 0. The number of allylic oxidation sites excluding steroid dienone is 1. The molecule has 0 atom stereocenters. The van der Waals surface area contributed by atoms with Crippen molar-refractivity contribution < 1.29 is 4.79 Å². The lowest BCUT2D eigenvalue weighted by molar-refractivity contribution is -0.112. The molecule has 0 amide bonds. The van der Waals surface area contributed by atoms with E-state index in [-0.39, 0.29) is 5.78 Å². The second-order valence-corrected chi connectivity index (χ2v) is 5.21. The first-order valence-corrected chi connectivity index (χ1v) is 5.69. The number of hydrogen-bond donors (Lipinski definition) is 0. The summed E-state index contributed by atoms with van der Waals surface area (Å²) >= 11 is 8.37. The van der Waals surface area contributed by atoms with Gasteiger partial charge in [0.05, 0.1) is 3.79 Å². The molecule has 1 aromatic rings. The molecule has 0 saturated heterocycles. The van der Waals surface area contributed by atoms with E-state index in [2.05, 4.69) is 31.9 Å². The molecule has 0 unspecified atom stereocenters. The molecule has 64 valence electrons. The first kappa shape index (κ1) is 10.2. The molecule has 1 nitrogen and oxygen atoms in total. The van der Waals surface area contributed by atoms with Crippen LogP contribution < -0.4 is 0 Å². The van der Waals surface area contributed by atoms with E-state index in [4.69, 9.17) is 0 Å². The smallest absolute Gasteiger partial charge is 0.152 e. The largest absolute Gasteiger partial charge is 0.295 e. The van der Waals surface area contributed by atoms with Crippen molar-refractivity contribution >= 4 is 55.1 Å². The fourth-order valence-electron chi connectivity index (χ4n) is 0.652. The Morgan fingerprint density at radius 1 is 1.58 bits per heavy atom. The number of carbonyl (C=O) groups excluding carboxylic acids is 1. The summed E-state index contributed by atoms with van der Waals surface area (Å²) in [5.74, 6) is 0.0595. The Labute approximate surface area is 91.7 Å². The van der Waals surface area contributed by atoms with Gasteiger partial charge >= 0.3 is 0 Å². The highest BCUT2D eigenvalue weighted by Gasteiger charge is 2.02. The summed E-state index contributed by atoms with van der Waals surface area (Å²) in [6.07, 6.45) is 3.35. The molecule has 0 N–H and O–H groups in total. The second-order valence-electron chi connectivity index (χ2n) is 2.22.